The zero-order valence-electron chi connectivity index (χ0n) is 13.2. The molecule has 1 fully saturated rings. The van der Waals surface area contributed by atoms with Crippen LogP contribution in [0.1, 0.15) is 18.9 Å². The van der Waals surface area contributed by atoms with Crippen LogP contribution in [-0.2, 0) is 4.74 Å². The number of halogens is 1. The van der Waals surface area contributed by atoms with Crippen LogP contribution in [0.15, 0.2) is 22.7 Å². The van der Waals surface area contributed by atoms with Crippen LogP contribution in [0.25, 0.3) is 11.4 Å². The van der Waals surface area contributed by atoms with Gasteiger partial charge in [-0.1, -0.05) is 5.16 Å². The smallest absolute Gasteiger partial charge is 0.246 e. The van der Waals surface area contributed by atoms with Crippen LogP contribution in [0.3, 0.4) is 0 Å². The van der Waals surface area contributed by atoms with E-state index in [2.05, 4.69) is 15.5 Å². The van der Waals surface area contributed by atoms with Crippen LogP contribution < -0.4 is 14.8 Å². The molecule has 0 bridgehead atoms. The Balaban J connectivity index is 0.00000192. The van der Waals surface area contributed by atoms with E-state index in [1.165, 1.54) is 0 Å². The SMILES string of the molecule is COc1ccc(-c2noc([C@H]3NCCO[C@@H]3C)n2)cc1OC.Cl. The molecule has 0 aliphatic carbocycles. The summed E-state index contributed by atoms with van der Waals surface area (Å²) in [5.41, 5.74) is 0.803. The Labute approximate surface area is 140 Å². The van der Waals surface area contributed by atoms with E-state index in [0.29, 0.717) is 29.8 Å². The fourth-order valence-corrected chi connectivity index (χ4v) is 2.46. The first-order valence-electron chi connectivity index (χ1n) is 7.14. The standard InChI is InChI=1S/C15H19N3O4.ClH/c1-9-13(16-6-7-21-9)15-17-14(18-22-15)10-4-5-11(19-2)12(8-10)20-3;/h4-5,8-9,13,16H,6-7H2,1-3H3;1H/t9-,13+;/m1./s1. The molecule has 2 aromatic rings. The van der Waals surface area contributed by atoms with E-state index in [9.17, 15) is 0 Å². The van der Waals surface area contributed by atoms with E-state index >= 15 is 0 Å². The van der Waals surface area contributed by atoms with E-state index < -0.39 is 0 Å². The van der Waals surface area contributed by atoms with Gasteiger partial charge >= 0.3 is 0 Å². The summed E-state index contributed by atoms with van der Waals surface area (Å²) < 4.78 is 21.5. The lowest BCUT2D eigenvalue weighted by Gasteiger charge is -2.27. The number of nitrogens with one attached hydrogen (secondary N) is 1. The van der Waals surface area contributed by atoms with Crippen LogP contribution in [-0.4, -0.2) is 43.6 Å². The molecule has 1 N–H and O–H groups in total. The minimum Gasteiger partial charge on any atom is -0.493 e. The predicted molar refractivity (Wildman–Crippen MR) is 86.2 cm³/mol. The normalized spacial score (nSPS) is 20.7. The summed E-state index contributed by atoms with van der Waals surface area (Å²) in [7, 11) is 3.19. The van der Waals surface area contributed by atoms with Gasteiger partial charge in [-0.3, -0.25) is 0 Å². The van der Waals surface area contributed by atoms with E-state index in [4.69, 9.17) is 18.7 Å². The van der Waals surface area contributed by atoms with Crippen molar-refractivity contribution in [3.63, 3.8) is 0 Å². The van der Waals surface area contributed by atoms with Gasteiger partial charge in [-0.2, -0.15) is 4.98 Å². The van der Waals surface area contributed by atoms with Gasteiger partial charge in [-0.15, -0.1) is 12.4 Å². The number of ether oxygens (including phenoxy) is 3. The number of morpholine rings is 1. The monoisotopic (exact) mass is 341 g/mol. The molecule has 3 rings (SSSR count). The maximum atomic E-state index is 5.60. The van der Waals surface area contributed by atoms with Gasteiger partial charge in [0.05, 0.1) is 26.9 Å². The Morgan fingerprint density at radius 3 is 2.70 bits per heavy atom. The molecular weight excluding hydrogens is 322 g/mol. The quantitative estimate of drug-likeness (QED) is 0.913. The molecule has 2 atom stereocenters. The summed E-state index contributed by atoms with van der Waals surface area (Å²) >= 11 is 0. The van der Waals surface area contributed by atoms with Gasteiger partial charge in [0.25, 0.3) is 0 Å². The summed E-state index contributed by atoms with van der Waals surface area (Å²) in [5, 5.41) is 7.37. The van der Waals surface area contributed by atoms with Crippen molar-refractivity contribution < 1.29 is 18.7 Å². The van der Waals surface area contributed by atoms with Gasteiger partial charge in [0.1, 0.15) is 6.04 Å². The molecule has 23 heavy (non-hydrogen) atoms. The van der Waals surface area contributed by atoms with Crippen molar-refractivity contribution in [2.75, 3.05) is 27.4 Å². The van der Waals surface area contributed by atoms with Gasteiger partial charge in [0, 0.05) is 12.1 Å². The van der Waals surface area contributed by atoms with Gasteiger partial charge in [0.2, 0.25) is 11.7 Å². The summed E-state index contributed by atoms with van der Waals surface area (Å²) in [4.78, 5) is 4.47. The van der Waals surface area contributed by atoms with Crippen LogP contribution in [0.5, 0.6) is 11.5 Å². The number of hydrogen-bond donors (Lipinski definition) is 1. The van der Waals surface area contributed by atoms with Gasteiger partial charge in [0.15, 0.2) is 11.5 Å². The first-order valence-corrected chi connectivity index (χ1v) is 7.14. The van der Waals surface area contributed by atoms with Crippen molar-refractivity contribution in [1.82, 2.24) is 15.5 Å². The molecule has 1 saturated heterocycles. The fraction of sp³-hybridized carbons (Fsp3) is 0.467. The summed E-state index contributed by atoms with van der Waals surface area (Å²) in [6, 6.07) is 5.41. The van der Waals surface area contributed by atoms with E-state index in [1.807, 2.05) is 25.1 Å². The zero-order chi connectivity index (χ0) is 15.5. The second-order valence-electron chi connectivity index (χ2n) is 5.03. The topological polar surface area (TPSA) is 78.6 Å². The Morgan fingerprint density at radius 2 is 2.00 bits per heavy atom. The molecule has 0 radical (unpaired) electrons. The average Bonchev–Trinajstić information content (AvgIpc) is 3.04. The molecule has 0 spiro atoms. The van der Waals surface area contributed by atoms with E-state index in [-0.39, 0.29) is 24.6 Å². The fourth-order valence-electron chi connectivity index (χ4n) is 2.46. The maximum Gasteiger partial charge on any atom is 0.246 e. The first-order chi connectivity index (χ1) is 10.7. The highest BCUT2D eigenvalue weighted by molar-refractivity contribution is 5.85. The van der Waals surface area contributed by atoms with Crippen molar-refractivity contribution in [1.29, 1.82) is 0 Å². The number of nitrogens with zero attached hydrogens (tertiary/aromatic N) is 2. The second-order valence-corrected chi connectivity index (χ2v) is 5.03. The Bertz CT molecular complexity index is 649. The van der Waals surface area contributed by atoms with Crippen LogP contribution in [0, 0.1) is 0 Å². The van der Waals surface area contributed by atoms with Gasteiger partial charge in [-0.05, 0) is 25.1 Å². The molecular formula is C15H20ClN3O4. The third-order valence-corrected chi connectivity index (χ3v) is 3.67. The number of aromatic nitrogens is 2. The minimum absolute atomic E-state index is 0. The highest BCUT2D eigenvalue weighted by atomic mass is 35.5. The number of benzene rings is 1. The summed E-state index contributed by atoms with van der Waals surface area (Å²) in [5.74, 6) is 2.32. The van der Waals surface area contributed by atoms with Gasteiger partial charge < -0.3 is 24.1 Å². The molecule has 8 heteroatoms. The molecule has 1 aliphatic heterocycles. The van der Waals surface area contributed by atoms with Crippen LogP contribution in [0.2, 0.25) is 0 Å². The lowest BCUT2D eigenvalue weighted by molar-refractivity contribution is -0.00136. The van der Waals surface area contributed by atoms with E-state index in [1.54, 1.807) is 14.2 Å². The molecule has 0 saturated carbocycles. The van der Waals surface area contributed by atoms with Crippen molar-refractivity contribution >= 4 is 12.4 Å². The Kier molecular flexibility index (Phi) is 5.81. The van der Waals surface area contributed by atoms with Crippen molar-refractivity contribution in [3.05, 3.63) is 24.1 Å². The third kappa shape index (κ3) is 3.57. The lowest BCUT2D eigenvalue weighted by atomic mass is 10.1. The first kappa shape index (κ1) is 17.5. The number of methoxy groups -OCH3 is 2. The van der Waals surface area contributed by atoms with Crippen LogP contribution in [0.4, 0.5) is 0 Å². The van der Waals surface area contributed by atoms with Crippen LogP contribution >= 0.6 is 12.4 Å². The van der Waals surface area contributed by atoms with Gasteiger partial charge in [-0.25, -0.2) is 0 Å². The molecule has 126 valence electrons. The zero-order valence-corrected chi connectivity index (χ0v) is 14.1. The lowest BCUT2D eigenvalue weighted by Crippen LogP contribution is -2.40. The highest BCUT2D eigenvalue weighted by Crippen LogP contribution is 2.32. The molecule has 2 heterocycles. The average molecular weight is 342 g/mol. The maximum absolute atomic E-state index is 5.60. The highest BCUT2D eigenvalue weighted by Gasteiger charge is 2.28. The minimum atomic E-state index is -0.0878. The molecule has 0 amide bonds. The second kappa shape index (κ2) is 7.63. The third-order valence-electron chi connectivity index (χ3n) is 3.67. The van der Waals surface area contributed by atoms with Crippen molar-refractivity contribution in [2.24, 2.45) is 0 Å². The largest absolute Gasteiger partial charge is 0.493 e. The Morgan fingerprint density at radius 1 is 1.22 bits per heavy atom. The molecule has 1 aromatic carbocycles. The van der Waals surface area contributed by atoms with Crippen molar-refractivity contribution in [3.8, 4) is 22.9 Å². The summed E-state index contributed by atoms with van der Waals surface area (Å²) in [6.07, 6.45) is -0.00699. The van der Waals surface area contributed by atoms with E-state index in [0.717, 1.165) is 12.1 Å². The summed E-state index contributed by atoms with van der Waals surface area (Å²) in [6.45, 7) is 3.44. The number of rotatable bonds is 4. The molecule has 0 unspecified atom stereocenters. The Hall–Kier alpha value is -1.83. The van der Waals surface area contributed by atoms with Crippen molar-refractivity contribution in [2.45, 2.75) is 19.1 Å². The predicted octanol–water partition coefficient (Wildman–Crippen LogP) is 2.23. The molecule has 7 nitrogen and oxygen atoms in total. The molecule has 1 aromatic heterocycles. The molecule has 1 aliphatic rings. The number of hydrogen-bond acceptors (Lipinski definition) is 7.